The van der Waals surface area contributed by atoms with Gasteiger partial charge < -0.3 is 14.4 Å². The van der Waals surface area contributed by atoms with Crippen LogP contribution >= 0.6 is 11.8 Å². The highest BCUT2D eigenvalue weighted by atomic mass is 32.2. The van der Waals surface area contributed by atoms with Gasteiger partial charge in [-0.25, -0.2) is 4.79 Å². The van der Waals surface area contributed by atoms with Crippen molar-refractivity contribution in [3.8, 4) is 5.75 Å². The van der Waals surface area contributed by atoms with Crippen molar-refractivity contribution in [2.24, 2.45) is 0 Å². The number of likely N-dealkylation sites (tertiary alicyclic amines) is 1. The number of carbonyl (C=O) groups is 4. The summed E-state index contributed by atoms with van der Waals surface area (Å²) in [7, 11) is 1.26. The summed E-state index contributed by atoms with van der Waals surface area (Å²) in [5.74, 6) is -0.878. The van der Waals surface area contributed by atoms with E-state index in [0.717, 1.165) is 29.5 Å². The molecule has 9 heteroatoms. The van der Waals surface area contributed by atoms with Crippen LogP contribution in [-0.2, 0) is 19.1 Å². The molecular formula is C19H20N2O6S. The van der Waals surface area contributed by atoms with Gasteiger partial charge in [0.15, 0.2) is 6.61 Å². The minimum atomic E-state index is -0.532. The number of amides is 3. The Balaban J connectivity index is 1.73. The van der Waals surface area contributed by atoms with Crippen LogP contribution in [0.1, 0.15) is 18.4 Å². The summed E-state index contributed by atoms with van der Waals surface area (Å²) in [6, 6.07) is 6.83. The van der Waals surface area contributed by atoms with Crippen molar-refractivity contribution in [2.45, 2.75) is 12.8 Å². The number of nitrogens with zero attached hydrogens (tertiary/aromatic N) is 2. The predicted molar refractivity (Wildman–Crippen MR) is 102 cm³/mol. The molecule has 2 saturated heterocycles. The fourth-order valence-electron chi connectivity index (χ4n) is 2.91. The number of hydrogen-bond acceptors (Lipinski definition) is 7. The lowest BCUT2D eigenvalue weighted by atomic mass is 10.2. The van der Waals surface area contributed by atoms with E-state index in [0.29, 0.717) is 24.4 Å². The summed E-state index contributed by atoms with van der Waals surface area (Å²) in [5.41, 5.74) is 0.544. The number of methoxy groups -OCH3 is 1. The molecule has 2 heterocycles. The van der Waals surface area contributed by atoms with E-state index in [1.54, 1.807) is 29.2 Å². The van der Waals surface area contributed by atoms with Gasteiger partial charge in [0, 0.05) is 18.7 Å². The molecule has 2 aliphatic rings. The van der Waals surface area contributed by atoms with Gasteiger partial charge in [0.05, 0.1) is 12.0 Å². The molecule has 0 N–H and O–H groups in total. The second-order valence-electron chi connectivity index (χ2n) is 6.26. The van der Waals surface area contributed by atoms with Gasteiger partial charge in [0.2, 0.25) is 5.91 Å². The van der Waals surface area contributed by atoms with Crippen LogP contribution in [0.15, 0.2) is 29.2 Å². The molecule has 0 bridgehead atoms. The van der Waals surface area contributed by atoms with Crippen LogP contribution in [0.5, 0.6) is 5.75 Å². The van der Waals surface area contributed by atoms with E-state index >= 15 is 0 Å². The fraction of sp³-hybridized carbons (Fsp3) is 0.368. The Labute approximate surface area is 166 Å². The Morgan fingerprint density at radius 3 is 2.61 bits per heavy atom. The van der Waals surface area contributed by atoms with E-state index in [1.165, 1.54) is 13.2 Å². The van der Waals surface area contributed by atoms with Gasteiger partial charge >= 0.3 is 5.97 Å². The van der Waals surface area contributed by atoms with Gasteiger partial charge in [-0.05, 0) is 36.7 Å². The van der Waals surface area contributed by atoms with Gasteiger partial charge in [-0.2, -0.15) is 0 Å². The van der Waals surface area contributed by atoms with Gasteiger partial charge in [-0.15, -0.1) is 0 Å². The molecule has 0 saturated carbocycles. The van der Waals surface area contributed by atoms with Crippen molar-refractivity contribution in [1.82, 2.24) is 9.80 Å². The third-order valence-electron chi connectivity index (χ3n) is 4.40. The van der Waals surface area contributed by atoms with Crippen LogP contribution in [0.25, 0.3) is 6.08 Å². The molecule has 3 amide bonds. The molecule has 28 heavy (non-hydrogen) atoms. The van der Waals surface area contributed by atoms with Gasteiger partial charge in [0.25, 0.3) is 11.1 Å². The second kappa shape index (κ2) is 8.92. The molecule has 0 aromatic heterocycles. The minimum Gasteiger partial charge on any atom is -0.481 e. The third-order valence-corrected chi connectivity index (χ3v) is 5.31. The Morgan fingerprint density at radius 2 is 1.89 bits per heavy atom. The van der Waals surface area contributed by atoms with Crippen LogP contribution in [0.3, 0.4) is 0 Å². The Hall–Kier alpha value is -2.81. The summed E-state index contributed by atoms with van der Waals surface area (Å²) in [6.45, 7) is 0.807. The van der Waals surface area contributed by atoms with E-state index < -0.39 is 17.1 Å². The summed E-state index contributed by atoms with van der Waals surface area (Å²) in [4.78, 5) is 51.3. The molecule has 2 fully saturated rings. The zero-order chi connectivity index (χ0) is 20.1. The number of ether oxygens (including phenoxy) is 2. The highest BCUT2D eigenvalue weighted by Gasteiger charge is 2.37. The average Bonchev–Trinajstić information content (AvgIpc) is 3.32. The fourth-order valence-corrected chi connectivity index (χ4v) is 3.74. The van der Waals surface area contributed by atoms with Crippen molar-refractivity contribution < 1.29 is 28.7 Å². The maximum absolute atomic E-state index is 12.6. The minimum absolute atomic E-state index is 0.202. The van der Waals surface area contributed by atoms with Crippen molar-refractivity contribution in [1.29, 1.82) is 0 Å². The maximum Gasteiger partial charge on any atom is 0.343 e. The topological polar surface area (TPSA) is 93.2 Å². The zero-order valence-corrected chi connectivity index (χ0v) is 16.2. The van der Waals surface area contributed by atoms with Gasteiger partial charge in [-0.3, -0.25) is 19.3 Å². The first-order chi connectivity index (χ1) is 13.5. The monoisotopic (exact) mass is 404 g/mol. The molecule has 3 rings (SSSR count). The van der Waals surface area contributed by atoms with Gasteiger partial charge in [-0.1, -0.05) is 18.2 Å². The Morgan fingerprint density at radius 1 is 1.18 bits per heavy atom. The number of thioether (sulfide) groups is 1. The molecule has 0 atom stereocenters. The number of para-hydroxylation sites is 1. The molecule has 0 spiro atoms. The number of imide groups is 1. The largest absolute Gasteiger partial charge is 0.481 e. The Kier molecular flexibility index (Phi) is 6.35. The summed E-state index contributed by atoms with van der Waals surface area (Å²) < 4.78 is 9.97. The van der Waals surface area contributed by atoms with E-state index in [2.05, 4.69) is 4.74 Å². The number of rotatable bonds is 6. The highest BCUT2D eigenvalue weighted by Crippen LogP contribution is 2.34. The van der Waals surface area contributed by atoms with E-state index in [-0.39, 0.29) is 24.0 Å². The van der Waals surface area contributed by atoms with E-state index in [4.69, 9.17) is 4.74 Å². The first kappa shape index (κ1) is 19.9. The van der Waals surface area contributed by atoms with Crippen LogP contribution in [0.4, 0.5) is 4.79 Å². The highest BCUT2D eigenvalue weighted by molar-refractivity contribution is 8.18. The lowest BCUT2D eigenvalue weighted by Gasteiger charge is -2.18. The molecule has 0 radical (unpaired) electrons. The maximum atomic E-state index is 12.6. The first-order valence-corrected chi connectivity index (χ1v) is 9.63. The normalized spacial score (nSPS) is 18.1. The van der Waals surface area contributed by atoms with Crippen LogP contribution in [0.2, 0.25) is 0 Å². The molecule has 0 aliphatic carbocycles. The quantitative estimate of drug-likeness (QED) is 0.528. The molecule has 1 aromatic rings. The summed E-state index contributed by atoms with van der Waals surface area (Å²) >= 11 is 0.779. The molecule has 148 valence electrons. The second-order valence-corrected chi connectivity index (χ2v) is 7.25. The van der Waals surface area contributed by atoms with Crippen molar-refractivity contribution in [2.75, 3.05) is 33.4 Å². The van der Waals surface area contributed by atoms with Crippen molar-refractivity contribution in [3.05, 3.63) is 34.7 Å². The molecule has 1 aromatic carbocycles. The van der Waals surface area contributed by atoms with Crippen molar-refractivity contribution in [3.63, 3.8) is 0 Å². The van der Waals surface area contributed by atoms with E-state index in [1.807, 2.05) is 0 Å². The number of esters is 1. The molecule has 8 nitrogen and oxygen atoms in total. The van der Waals surface area contributed by atoms with Crippen molar-refractivity contribution >= 4 is 40.9 Å². The smallest absolute Gasteiger partial charge is 0.343 e. The average molecular weight is 404 g/mol. The van der Waals surface area contributed by atoms with E-state index in [9.17, 15) is 19.2 Å². The molecule has 0 unspecified atom stereocenters. The summed E-state index contributed by atoms with van der Waals surface area (Å²) in [5, 5.41) is -0.475. The molecular weight excluding hydrogens is 384 g/mol. The van der Waals surface area contributed by atoms with Crippen LogP contribution in [0, 0.1) is 0 Å². The number of hydrogen-bond donors (Lipinski definition) is 0. The lowest BCUT2D eigenvalue weighted by Crippen LogP contribution is -2.40. The van der Waals surface area contributed by atoms with Crippen LogP contribution < -0.4 is 4.74 Å². The standard InChI is InChI=1S/C19H20N2O6S/c1-26-17(23)12-27-14-7-3-2-6-13(14)10-15-18(24)21(19(25)28-15)11-16(22)20-8-4-5-9-20/h2-3,6-7,10H,4-5,8-9,11-12H2,1H3. The predicted octanol–water partition coefficient (Wildman–Crippen LogP) is 1.90. The number of carbonyl (C=O) groups excluding carboxylic acids is 4. The number of benzene rings is 1. The van der Waals surface area contributed by atoms with Gasteiger partial charge in [0.1, 0.15) is 12.3 Å². The first-order valence-electron chi connectivity index (χ1n) is 8.81. The summed E-state index contributed by atoms with van der Waals surface area (Å²) in [6.07, 6.45) is 3.41. The van der Waals surface area contributed by atoms with Crippen LogP contribution in [-0.4, -0.2) is 66.2 Å². The zero-order valence-electron chi connectivity index (χ0n) is 15.4. The SMILES string of the molecule is COC(=O)COc1ccccc1C=C1SC(=O)N(CC(=O)N2CCCC2)C1=O. The molecule has 2 aliphatic heterocycles. The Bertz CT molecular complexity index is 831. The lowest BCUT2D eigenvalue weighted by molar-refractivity contribution is -0.143. The third kappa shape index (κ3) is 4.53.